The van der Waals surface area contributed by atoms with Gasteiger partial charge in [0.05, 0.1) is 5.69 Å². The number of likely N-dealkylation sites (N-methyl/N-ethyl adjacent to an activating group) is 1. The lowest BCUT2D eigenvalue weighted by Gasteiger charge is -2.32. The number of nitrogens with one attached hydrogen (secondary N) is 1. The number of hydrogen-bond acceptors (Lipinski definition) is 3. The van der Waals surface area contributed by atoms with Crippen molar-refractivity contribution in [1.29, 1.82) is 0 Å². The van der Waals surface area contributed by atoms with Crippen molar-refractivity contribution < 1.29 is 14.3 Å². The predicted molar refractivity (Wildman–Crippen MR) is 73.5 cm³/mol. The molecule has 1 heterocycles. The smallest absolute Gasteiger partial charge is 0.267 e. The quantitative estimate of drug-likeness (QED) is 0.908. The van der Waals surface area contributed by atoms with E-state index in [1.807, 2.05) is 6.92 Å². The van der Waals surface area contributed by atoms with E-state index < -0.39 is 6.10 Å². The molecule has 2 amide bonds. The molecule has 1 aliphatic heterocycles. The molecule has 1 aromatic rings. The minimum Gasteiger partial charge on any atom is -0.479 e. The normalized spacial score (nSPS) is 17.7. The van der Waals surface area contributed by atoms with Crippen molar-refractivity contribution in [2.45, 2.75) is 33.3 Å². The summed E-state index contributed by atoms with van der Waals surface area (Å²) < 4.78 is 5.59. The van der Waals surface area contributed by atoms with Crippen LogP contribution in [0.25, 0.3) is 0 Å². The van der Waals surface area contributed by atoms with Gasteiger partial charge in [-0.05, 0) is 26.0 Å². The molecule has 0 saturated heterocycles. The maximum absolute atomic E-state index is 12.0. The van der Waals surface area contributed by atoms with Crippen molar-refractivity contribution in [2.75, 3.05) is 16.8 Å². The molecule has 1 N–H and O–H groups in total. The summed E-state index contributed by atoms with van der Waals surface area (Å²) in [6.07, 6.45) is -0.0712. The fourth-order valence-electron chi connectivity index (χ4n) is 2.06. The van der Waals surface area contributed by atoms with E-state index in [1.165, 1.54) is 0 Å². The number of anilines is 2. The lowest BCUT2D eigenvalue weighted by molar-refractivity contribution is -0.125. The zero-order chi connectivity index (χ0) is 14.0. The highest BCUT2D eigenvalue weighted by Gasteiger charge is 2.30. The van der Waals surface area contributed by atoms with Crippen molar-refractivity contribution in [3.63, 3.8) is 0 Å². The lowest BCUT2D eigenvalue weighted by Crippen LogP contribution is -2.44. The van der Waals surface area contributed by atoms with Gasteiger partial charge in [-0.25, -0.2) is 0 Å². The first kappa shape index (κ1) is 13.4. The van der Waals surface area contributed by atoms with Crippen LogP contribution in [-0.4, -0.2) is 24.5 Å². The Balaban J connectivity index is 2.32. The average molecular weight is 262 g/mol. The molecule has 1 aliphatic rings. The van der Waals surface area contributed by atoms with Crippen LogP contribution >= 0.6 is 0 Å². The van der Waals surface area contributed by atoms with Crippen molar-refractivity contribution in [3.8, 4) is 5.75 Å². The monoisotopic (exact) mass is 262 g/mol. The van der Waals surface area contributed by atoms with Gasteiger partial charge in [0.15, 0.2) is 6.10 Å². The summed E-state index contributed by atoms with van der Waals surface area (Å²) in [5, 5.41) is 2.78. The molecule has 1 unspecified atom stereocenters. The fraction of sp³-hybridized carbons (Fsp3) is 0.429. The van der Waals surface area contributed by atoms with Gasteiger partial charge in [-0.3, -0.25) is 9.59 Å². The Kier molecular flexibility index (Phi) is 3.74. The largest absolute Gasteiger partial charge is 0.479 e. The molecule has 0 spiro atoms. The summed E-state index contributed by atoms with van der Waals surface area (Å²) in [4.78, 5) is 25.0. The summed E-state index contributed by atoms with van der Waals surface area (Å²) in [5.41, 5.74) is 1.43. The Morgan fingerprint density at radius 1 is 1.42 bits per heavy atom. The number of hydrogen-bond donors (Lipinski definition) is 1. The first-order valence-electron chi connectivity index (χ1n) is 6.48. The van der Waals surface area contributed by atoms with Crippen LogP contribution in [0.15, 0.2) is 18.2 Å². The second kappa shape index (κ2) is 5.30. The number of amides is 2. The van der Waals surface area contributed by atoms with Crippen LogP contribution in [0, 0.1) is 0 Å². The Morgan fingerprint density at radius 2 is 2.16 bits per heavy atom. The van der Waals surface area contributed by atoms with Crippen molar-refractivity contribution in [2.24, 2.45) is 0 Å². The van der Waals surface area contributed by atoms with Crippen molar-refractivity contribution in [1.82, 2.24) is 0 Å². The molecular formula is C14H18N2O3. The summed E-state index contributed by atoms with van der Waals surface area (Å²) in [5.74, 6) is 0.537. The second-order valence-electron chi connectivity index (χ2n) is 4.43. The molecule has 1 atom stereocenters. The van der Waals surface area contributed by atoms with E-state index in [9.17, 15) is 9.59 Å². The third-order valence-electron chi connectivity index (χ3n) is 3.09. The van der Waals surface area contributed by atoms with E-state index in [4.69, 9.17) is 4.74 Å². The van der Waals surface area contributed by atoms with Crippen LogP contribution in [0.2, 0.25) is 0 Å². The van der Waals surface area contributed by atoms with Gasteiger partial charge >= 0.3 is 0 Å². The Bertz CT molecular complexity index is 513. The highest BCUT2D eigenvalue weighted by Crippen LogP contribution is 2.36. The highest BCUT2D eigenvalue weighted by molar-refractivity contribution is 6.00. The Hall–Kier alpha value is -2.04. The molecule has 0 aliphatic carbocycles. The van der Waals surface area contributed by atoms with E-state index in [-0.39, 0.29) is 11.8 Å². The standard InChI is InChI=1S/C14H18N2O3/c1-4-13(17)15-10-6-7-11-12(8-10)19-9(3)14(18)16(11)5-2/h6-9H,4-5H2,1-3H3,(H,15,17). The minimum absolute atomic E-state index is 0.0413. The first-order chi connectivity index (χ1) is 9.06. The summed E-state index contributed by atoms with van der Waals surface area (Å²) in [7, 11) is 0. The maximum Gasteiger partial charge on any atom is 0.267 e. The van der Waals surface area contributed by atoms with Crippen molar-refractivity contribution in [3.05, 3.63) is 18.2 Å². The molecule has 2 rings (SSSR count). The molecule has 0 aromatic heterocycles. The molecule has 0 fully saturated rings. The van der Waals surface area contributed by atoms with Crippen LogP contribution in [0.5, 0.6) is 5.75 Å². The molecule has 1 aromatic carbocycles. The molecule has 5 nitrogen and oxygen atoms in total. The van der Waals surface area contributed by atoms with E-state index >= 15 is 0 Å². The predicted octanol–water partition coefficient (Wildman–Crippen LogP) is 2.17. The second-order valence-corrected chi connectivity index (χ2v) is 4.43. The number of ether oxygens (including phenoxy) is 1. The van der Waals surface area contributed by atoms with Gasteiger partial charge < -0.3 is 15.0 Å². The van der Waals surface area contributed by atoms with Crippen LogP contribution in [-0.2, 0) is 9.59 Å². The third-order valence-corrected chi connectivity index (χ3v) is 3.09. The van der Waals surface area contributed by atoms with Gasteiger partial charge in [-0.1, -0.05) is 6.92 Å². The maximum atomic E-state index is 12.0. The first-order valence-corrected chi connectivity index (χ1v) is 6.48. The van der Waals surface area contributed by atoms with Crippen LogP contribution in [0.4, 0.5) is 11.4 Å². The van der Waals surface area contributed by atoms with Crippen LogP contribution in [0.1, 0.15) is 27.2 Å². The summed E-state index contributed by atoms with van der Waals surface area (Å²) in [6.45, 7) is 6.04. The highest BCUT2D eigenvalue weighted by atomic mass is 16.5. The van der Waals surface area contributed by atoms with Crippen LogP contribution in [0.3, 0.4) is 0 Å². The van der Waals surface area contributed by atoms with E-state index in [0.29, 0.717) is 24.4 Å². The lowest BCUT2D eigenvalue weighted by atomic mass is 10.1. The van der Waals surface area contributed by atoms with Gasteiger partial charge in [0.1, 0.15) is 5.75 Å². The Labute approximate surface area is 112 Å². The molecule has 102 valence electrons. The zero-order valence-corrected chi connectivity index (χ0v) is 11.4. The topological polar surface area (TPSA) is 58.6 Å². The number of nitrogens with zero attached hydrogens (tertiary/aromatic N) is 1. The van der Waals surface area contributed by atoms with Gasteiger partial charge in [-0.2, -0.15) is 0 Å². The van der Waals surface area contributed by atoms with Crippen molar-refractivity contribution >= 4 is 23.2 Å². The zero-order valence-electron chi connectivity index (χ0n) is 11.4. The number of rotatable bonds is 3. The molecule has 5 heteroatoms. The third kappa shape index (κ3) is 2.54. The number of carbonyl (C=O) groups excluding carboxylic acids is 2. The van der Waals surface area contributed by atoms with Crippen LogP contribution < -0.4 is 15.0 Å². The van der Waals surface area contributed by atoms with Gasteiger partial charge in [-0.15, -0.1) is 0 Å². The molecule has 19 heavy (non-hydrogen) atoms. The van der Waals surface area contributed by atoms with E-state index in [1.54, 1.807) is 36.9 Å². The minimum atomic E-state index is -0.496. The summed E-state index contributed by atoms with van der Waals surface area (Å²) in [6, 6.07) is 5.34. The number of benzene rings is 1. The van der Waals surface area contributed by atoms with Gasteiger partial charge in [0, 0.05) is 24.7 Å². The number of carbonyl (C=O) groups is 2. The molecular weight excluding hydrogens is 244 g/mol. The SMILES string of the molecule is CCC(=O)Nc1ccc2c(c1)OC(C)C(=O)N2CC. The fourth-order valence-corrected chi connectivity index (χ4v) is 2.06. The van der Waals surface area contributed by atoms with E-state index in [0.717, 1.165) is 5.69 Å². The Morgan fingerprint density at radius 3 is 2.79 bits per heavy atom. The molecule has 0 saturated carbocycles. The van der Waals surface area contributed by atoms with Gasteiger partial charge in [0.25, 0.3) is 5.91 Å². The summed E-state index contributed by atoms with van der Waals surface area (Å²) >= 11 is 0. The molecule has 0 radical (unpaired) electrons. The average Bonchev–Trinajstić information content (AvgIpc) is 2.40. The van der Waals surface area contributed by atoms with E-state index in [2.05, 4.69) is 5.32 Å². The number of fused-ring (bicyclic) bond motifs is 1. The molecule has 0 bridgehead atoms. The van der Waals surface area contributed by atoms with Gasteiger partial charge in [0.2, 0.25) is 5.91 Å².